The van der Waals surface area contributed by atoms with Crippen molar-refractivity contribution < 1.29 is 9.53 Å². The molecule has 3 aromatic rings. The summed E-state index contributed by atoms with van der Waals surface area (Å²) in [7, 11) is 1.63. The third-order valence-electron chi connectivity index (χ3n) is 4.18. The number of aryl methyl sites for hydroxylation is 2. The van der Waals surface area contributed by atoms with Crippen LogP contribution in [0.1, 0.15) is 32.7 Å². The molecular formula is C18H17N3O2S. The molecular weight excluding hydrogens is 322 g/mol. The van der Waals surface area contributed by atoms with Gasteiger partial charge in [-0.25, -0.2) is 4.98 Å². The third kappa shape index (κ3) is 2.30. The fourth-order valence-corrected chi connectivity index (χ4v) is 4.27. The smallest absolute Gasteiger partial charge is 0.265 e. The first-order valence-electron chi connectivity index (χ1n) is 7.69. The van der Waals surface area contributed by atoms with Crippen molar-refractivity contribution in [3.63, 3.8) is 0 Å². The second kappa shape index (κ2) is 5.49. The molecule has 3 heterocycles. The number of nitrogens with one attached hydrogen (secondary N) is 2. The SMILES string of the molecule is COc1cccc([C@H]2NC(=O)c3sc4nc(C)cc(C)c4c3N2)c1. The number of rotatable bonds is 2. The van der Waals surface area contributed by atoms with Crippen molar-refractivity contribution in [1.82, 2.24) is 10.3 Å². The Morgan fingerprint density at radius 1 is 1.21 bits per heavy atom. The van der Waals surface area contributed by atoms with Crippen LogP contribution in [0.2, 0.25) is 0 Å². The molecule has 24 heavy (non-hydrogen) atoms. The second-order valence-electron chi connectivity index (χ2n) is 5.89. The summed E-state index contributed by atoms with van der Waals surface area (Å²) in [6, 6.07) is 9.74. The standard InChI is InChI=1S/C18H17N3O2S/c1-9-7-10(2)19-18-13(9)14-15(24-18)17(22)21-16(20-14)11-5-4-6-12(8-11)23-3/h4-8,16,20H,1-3H3,(H,21,22)/t16-/m1/s1. The minimum absolute atomic E-state index is 0.0726. The van der Waals surface area contributed by atoms with Gasteiger partial charge >= 0.3 is 0 Å². The summed E-state index contributed by atoms with van der Waals surface area (Å²) < 4.78 is 5.28. The van der Waals surface area contributed by atoms with E-state index < -0.39 is 0 Å². The van der Waals surface area contributed by atoms with E-state index in [-0.39, 0.29) is 12.1 Å². The van der Waals surface area contributed by atoms with Gasteiger partial charge in [0.05, 0.1) is 12.8 Å². The van der Waals surface area contributed by atoms with E-state index in [0.717, 1.165) is 38.5 Å². The van der Waals surface area contributed by atoms with Crippen LogP contribution in [0.25, 0.3) is 10.2 Å². The Morgan fingerprint density at radius 2 is 2.04 bits per heavy atom. The van der Waals surface area contributed by atoms with Gasteiger partial charge in [-0.3, -0.25) is 4.79 Å². The largest absolute Gasteiger partial charge is 0.497 e. The monoisotopic (exact) mass is 339 g/mol. The summed E-state index contributed by atoms with van der Waals surface area (Å²) in [5.74, 6) is 0.689. The Hall–Kier alpha value is -2.60. The van der Waals surface area contributed by atoms with E-state index in [1.165, 1.54) is 11.3 Å². The summed E-state index contributed by atoms with van der Waals surface area (Å²) in [6.07, 6.45) is -0.293. The van der Waals surface area contributed by atoms with E-state index >= 15 is 0 Å². The normalized spacial score (nSPS) is 16.5. The molecule has 0 saturated carbocycles. The lowest BCUT2D eigenvalue weighted by atomic mass is 10.1. The number of anilines is 1. The minimum atomic E-state index is -0.293. The van der Waals surface area contributed by atoms with E-state index in [4.69, 9.17) is 4.74 Å². The van der Waals surface area contributed by atoms with Crippen molar-refractivity contribution in [1.29, 1.82) is 0 Å². The molecule has 6 heteroatoms. The molecule has 1 aromatic carbocycles. The van der Waals surface area contributed by atoms with Crippen molar-refractivity contribution in [3.05, 3.63) is 52.0 Å². The first-order valence-corrected chi connectivity index (χ1v) is 8.50. The molecule has 1 amide bonds. The summed E-state index contributed by atoms with van der Waals surface area (Å²) in [5.41, 5.74) is 3.91. The third-order valence-corrected chi connectivity index (χ3v) is 5.27. The molecule has 122 valence electrons. The number of pyridine rings is 1. The number of aromatic nitrogens is 1. The Morgan fingerprint density at radius 3 is 2.83 bits per heavy atom. The van der Waals surface area contributed by atoms with Gasteiger partial charge in [0, 0.05) is 11.1 Å². The van der Waals surface area contributed by atoms with Crippen LogP contribution in [0.3, 0.4) is 0 Å². The van der Waals surface area contributed by atoms with E-state index in [0.29, 0.717) is 4.88 Å². The average Bonchev–Trinajstić information content (AvgIpc) is 2.94. The maximum Gasteiger partial charge on any atom is 0.265 e. The molecule has 0 radical (unpaired) electrons. The Balaban J connectivity index is 1.83. The molecule has 0 aliphatic carbocycles. The van der Waals surface area contributed by atoms with Crippen LogP contribution in [0, 0.1) is 13.8 Å². The Kier molecular flexibility index (Phi) is 3.42. The van der Waals surface area contributed by atoms with Crippen LogP contribution in [0.4, 0.5) is 5.69 Å². The summed E-state index contributed by atoms with van der Waals surface area (Å²) in [6.45, 7) is 4.02. The molecule has 1 aliphatic heterocycles. The van der Waals surface area contributed by atoms with Gasteiger partial charge in [0.15, 0.2) is 0 Å². The summed E-state index contributed by atoms with van der Waals surface area (Å²) in [4.78, 5) is 18.7. The number of carbonyl (C=O) groups excluding carboxylic acids is 1. The van der Waals surface area contributed by atoms with Gasteiger partial charge in [0.25, 0.3) is 5.91 Å². The van der Waals surface area contributed by atoms with Gasteiger partial charge < -0.3 is 15.4 Å². The fraction of sp³-hybridized carbons (Fsp3) is 0.222. The quantitative estimate of drug-likeness (QED) is 0.746. The van der Waals surface area contributed by atoms with Gasteiger partial charge in [-0.15, -0.1) is 11.3 Å². The zero-order valence-electron chi connectivity index (χ0n) is 13.6. The number of amides is 1. The number of methoxy groups -OCH3 is 1. The molecule has 5 nitrogen and oxygen atoms in total. The zero-order valence-corrected chi connectivity index (χ0v) is 14.5. The number of carbonyl (C=O) groups is 1. The topological polar surface area (TPSA) is 63.2 Å². The number of hydrogen-bond donors (Lipinski definition) is 2. The Bertz CT molecular complexity index is 964. The van der Waals surface area contributed by atoms with Crippen LogP contribution in [0.5, 0.6) is 5.75 Å². The van der Waals surface area contributed by atoms with Crippen LogP contribution in [0.15, 0.2) is 30.3 Å². The lowest BCUT2D eigenvalue weighted by Gasteiger charge is -2.26. The number of hydrogen-bond acceptors (Lipinski definition) is 5. The predicted molar refractivity (Wildman–Crippen MR) is 95.9 cm³/mol. The first kappa shape index (κ1) is 15.0. The summed E-state index contributed by atoms with van der Waals surface area (Å²) in [5, 5.41) is 7.50. The van der Waals surface area contributed by atoms with E-state index in [1.54, 1.807) is 7.11 Å². The van der Waals surface area contributed by atoms with Crippen molar-refractivity contribution >= 4 is 33.1 Å². The number of benzene rings is 1. The van der Waals surface area contributed by atoms with Crippen LogP contribution >= 0.6 is 11.3 Å². The molecule has 0 spiro atoms. The fourth-order valence-electron chi connectivity index (χ4n) is 3.10. The lowest BCUT2D eigenvalue weighted by Crippen LogP contribution is -2.37. The highest BCUT2D eigenvalue weighted by molar-refractivity contribution is 7.21. The van der Waals surface area contributed by atoms with Gasteiger partial charge in [-0.1, -0.05) is 12.1 Å². The zero-order chi connectivity index (χ0) is 16.8. The number of thiophene rings is 1. The van der Waals surface area contributed by atoms with Gasteiger partial charge in [-0.05, 0) is 43.2 Å². The van der Waals surface area contributed by atoms with Crippen molar-refractivity contribution in [2.45, 2.75) is 20.0 Å². The first-order chi connectivity index (χ1) is 11.6. The van der Waals surface area contributed by atoms with Crippen molar-refractivity contribution in [2.75, 3.05) is 12.4 Å². The van der Waals surface area contributed by atoms with Crippen LogP contribution < -0.4 is 15.4 Å². The number of nitrogens with zero attached hydrogens (tertiary/aromatic N) is 1. The van der Waals surface area contributed by atoms with Crippen LogP contribution in [-0.4, -0.2) is 18.0 Å². The van der Waals surface area contributed by atoms with Crippen molar-refractivity contribution in [2.24, 2.45) is 0 Å². The van der Waals surface area contributed by atoms with Gasteiger partial charge in [-0.2, -0.15) is 0 Å². The maximum absolute atomic E-state index is 12.6. The summed E-state index contributed by atoms with van der Waals surface area (Å²) >= 11 is 1.43. The van der Waals surface area contributed by atoms with E-state index in [1.807, 2.05) is 37.3 Å². The van der Waals surface area contributed by atoms with Gasteiger partial charge in [0.1, 0.15) is 21.6 Å². The molecule has 1 atom stereocenters. The lowest BCUT2D eigenvalue weighted by molar-refractivity contribution is 0.0940. The molecule has 2 N–H and O–H groups in total. The molecule has 0 unspecified atom stereocenters. The maximum atomic E-state index is 12.6. The van der Waals surface area contributed by atoms with Gasteiger partial charge in [0.2, 0.25) is 0 Å². The minimum Gasteiger partial charge on any atom is -0.497 e. The molecule has 2 aromatic heterocycles. The predicted octanol–water partition coefficient (Wildman–Crippen LogP) is 3.78. The van der Waals surface area contributed by atoms with Crippen LogP contribution in [-0.2, 0) is 0 Å². The molecule has 0 bridgehead atoms. The van der Waals surface area contributed by atoms with E-state index in [9.17, 15) is 4.79 Å². The second-order valence-corrected chi connectivity index (χ2v) is 6.89. The van der Waals surface area contributed by atoms with E-state index in [2.05, 4.69) is 22.5 Å². The molecule has 4 rings (SSSR count). The van der Waals surface area contributed by atoms with Crippen molar-refractivity contribution in [3.8, 4) is 5.75 Å². The highest BCUT2D eigenvalue weighted by Gasteiger charge is 2.29. The average molecular weight is 339 g/mol. The highest BCUT2D eigenvalue weighted by atomic mass is 32.1. The molecule has 0 saturated heterocycles. The highest BCUT2D eigenvalue weighted by Crippen LogP contribution is 2.41. The number of ether oxygens (including phenoxy) is 1. The molecule has 0 fully saturated rings. The number of fused-ring (bicyclic) bond motifs is 3. The molecule has 1 aliphatic rings. The Labute approximate surface area is 143 Å².